The van der Waals surface area contributed by atoms with Crippen LogP contribution in [0.1, 0.15) is 53.9 Å². The van der Waals surface area contributed by atoms with Gasteiger partial charge in [0.05, 0.1) is 12.0 Å². The Morgan fingerprint density at radius 3 is 2.29 bits per heavy atom. The molecule has 0 saturated carbocycles. The van der Waals surface area contributed by atoms with Gasteiger partial charge in [-0.15, -0.1) is 0 Å². The average Bonchev–Trinajstić information content (AvgIpc) is 2.14. The molecule has 0 aromatic rings. The van der Waals surface area contributed by atoms with Crippen LogP contribution in [0, 0.1) is 11.3 Å². The third-order valence-corrected chi connectivity index (χ3v) is 2.82. The van der Waals surface area contributed by atoms with Gasteiger partial charge in [0.2, 0.25) is 0 Å². The Bertz CT molecular complexity index is 175. The lowest BCUT2D eigenvalue weighted by Gasteiger charge is -2.26. The monoisotopic (exact) mass is 200 g/mol. The second-order valence-corrected chi connectivity index (χ2v) is 4.57. The van der Waals surface area contributed by atoms with Gasteiger partial charge in [0.25, 0.3) is 0 Å². The van der Waals surface area contributed by atoms with Crippen molar-refractivity contribution in [1.29, 1.82) is 0 Å². The van der Waals surface area contributed by atoms with E-state index in [0.29, 0.717) is 12.5 Å². The number of ether oxygens (including phenoxy) is 1. The molecule has 0 amide bonds. The number of rotatable bonds is 6. The zero-order chi connectivity index (χ0) is 11.2. The van der Waals surface area contributed by atoms with Gasteiger partial charge in [-0.05, 0) is 39.0 Å². The van der Waals surface area contributed by atoms with Gasteiger partial charge in [0, 0.05) is 0 Å². The topological polar surface area (TPSA) is 26.3 Å². The van der Waals surface area contributed by atoms with Crippen LogP contribution in [-0.4, -0.2) is 12.6 Å². The fraction of sp³-hybridized carbons (Fsp3) is 0.917. The highest BCUT2D eigenvalue weighted by molar-refractivity contribution is 5.76. The molecule has 0 aliphatic heterocycles. The van der Waals surface area contributed by atoms with Crippen molar-refractivity contribution in [2.24, 2.45) is 11.3 Å². The fourth-order valence-corrected chi connectivity index (χ4v) is 1.34. The highest BCUT2D eigenvalue weighted by Gasteiger charge is 2.32. The first kappa shape index (κ1) is 13.5. The zero-order valence-electron chi connectivity index (χ0n) is 10.2. The first-order valence-electron chi connectivity index (χ1n) is 5.63. The van der Waals surface area contributed by atoms with Gasteiger partial charge in [-0.3, -0.25) is 4.79 Å². The lowest BCUT2D eigenvalue weighted by Crippen LogP contribution is -2.29. The molecule has 2 heteroatoms. The Morgan fingerprint density at radius 1 is 1.36 bits per heavy atom. The average molecular weight is 200 g/mol. The van der Waals surface area contributed by atoms with Gasteiger partial charge in [-0.25, -0.2) is 0 Å². The van der Waals surface area contributed by atoms with Gasteiger partial charge in [-0.1, -0.05) is 20.8 Å². The molecule has 0 aromatic heterocycles. The van der Waals surface area contributed by atoms with Gasteiger partial charge >= 0.3 is 5.97 Å². The summed E-state index contributed by atoms with van der Waals surface area (Å²) >= 11 is 0. The summed E-state index contributed by atoms with van der Waals surface area (Å²) in [5, 5.41) is 0. The summed E-state index contributed by atoms with van der Waals surface area (Å²) in [4.78, 5) is 11.7. The van der Waals surface area contributed by atoms with E-state index in [1.807, 2.05) is 13.8 Å². The van der Waals surface area contributed by atoms with Crippen molar-refractivity contribution in [2.45, 2.75) is 53.9 Å². The number of hydrogen-bond acceptors (Lipinski definition) is 2. The number of carbonyl (C=O) groups excluding carboxylic acids is 1. The summed E-state index contributed by atoms with van der Waals surface area (Å²) in [5.41, 5.74) is -0.277. The Hall–Kier alpha value is -0.530. The molecule has 0 rings (SSSR count). The molecule has 0 radical (unpaired) electrons. The SMILES string of the molecule is CCOC(=O)C(C)(CC)CCC(C)C. The molecule has 0 aliphatic carbocycles. The molecule has 14 heavy (non-hydrogen) atoms. The second-order valence-electron chi connectivity index (χ2n) is 4.57. The molecule has 1 atom stereocenters. The minimum atomic E-state index is -0.277. The molecule has 0 heterocycles. The normalized spacial score (nSPS) is 15.3. The van der Waals surface area contributed by atoms with Gasteiger partial charge in [0.1, 0.15) is 0 Å². The third kappa shape index (κ3) is 4.12. The Morgan fingerprint density at radius 2 is 1.93 bits per heavy atom. The molecular weight excluding hydrogens is 176 g/mol. The molecular formula is C12H24O2. The number of hydrogen-bond donors (Lipinski definition) is 0. The van der Waals surface area contributed by atoms with Gasteiger partial charge in [-0.2, -0.15) is 0 Å². The molecule has 2 nitrogen and oxygen atoms in total. The molecule has 0 aromatic carbocycles. The van der Waals surface area contributed by atoms with Crippen molar-refractivity contribution in [1.82, 2.24) is 0 Å². The quantitative estimate of drug-likeness (QED) is 0.614. The maximum absolute atomic E-state index is 11.7. The van der Waals surface area contributed by atoms with Crippen LogP contribution in [0.15, 0.2) is 0 Å². The van der Waals surface area contributed by atoms with Crippen LogP contribution in [-0.2, 0) is 9.53 Å². The summed E-state index contributed by atoms with van der Waals surface area (Å²) in [6.45, 7) is 10.8. The van der Waals surface area contributed by atoms with E-state index in [1.54, 1.807) is 0 Å². The summed E-state index contributed by atoms with van der Waals surface area (Å²) in [7, 11) is 0. The number of carbonyl (C=O) groups is 1. The van der Waals surface area contributed by atoms with Crippen LogP contribution in [0.3, 0.4) is 0 Å². The van der Waals surface area contributed by atoms with Crippen molar-refractivity contribution in [3.8, 4) is 0 Å². The van der Waals surface area contributed by atoms with Crippen LogP contribution >= 0.6 is 0 Å². The highest BCUT2D eigenvalue weighted by atomic mass is 16.5. The third-order valence-electron chi connectivity index (χ3n) is 2.82. The van der Waals surface area contributed by atoms with Crippen molar-refractivity contribution in [2.75, 3.05) is 6.61 Å². The maximum Gasteiger partial charge on any atom is 0.311 e. The largest absolute Gasteiger partial charge is 0.466 e. The lowest BCUT2D eigenvalue weighted by atomic mass is 9.81. The Kier molecular flexibility index (Phi) is 5.82. The van der Waals surface area contributed by atoms with Crippen LogP contribution < -0.4 is 0 Å². The molecule has 0 fully saturated rings. The van der Waals surface area contributed by atoms with Crippen LogP contribution in [0.5, 0.6) is 0 Å². The zero-order valence-corrected chi connectivity index (χ0v) is 10.2. The van der Waals surface area contributed by atoms with E-state index >= 15 is 0 Å². The summed E-state index contributed by atoms with van der Waals surface area (Å²) < 4.78 is 5.09. The van der Waals surface area contributed by atoms with Crippen LogP contribution in [0.4, 0.5) is 0 Å². The lowest BCUT2D eigenvalue weighted by molar-refractivity contribution is -0.155. The van der Waals surface area contributed by atoms with E-state index in [1.165, 1.54) is 0 Å². The van der Waals surface area contributed by atoms with E-state index in [4.69, 9.17) is 4.74 Å². The summed E-state index contributed by atoms with van der Waals surface area (Å²) in [6.07, 6.45) is 2.88. The maximum atomic E-state index is 11.7. The minimum absolute atomic E-state index is 0.0387. The molecule has 0 bridgehead atoms. The van der Waals surface area contributed by atoms with Crippen molar-refractivity contribution >= 4 is 5.97 Å². The molecule has 0 N–H and O–H groups in total. The Labute approximate surface area is 88.0 Å². The first-order valence-corrected chi connectivity index (χ1v) is 5.63. The highest BCUT2D eigenvalue weighted by Crippen LogP contribution is 2.30. The second kappa shape index (κ2) is 6.05. The molecule has 0 saturated heterocycles. The Balaban J connectivity index is 4.23. The summed E-state index contributed by atoms with van der Waals surface area (Å²) in [6, 6.07) is 0. The van der Waals surface area contributed by atoms with E-state index in [2.05, 4.69) is 20.8 Å². The van der Waals surface area contributed by atoms with E-state index in [0.717, 1.165) is 19.3 Å². The standard InChI is InChI=1S/C12H24O2/c1-6-12(5,9-8-10(3)4)11(13)14-7-2/h10H,6-9H2,1-5H3. The van der Waals surface area contributed by atoms with Gasteiger partial charge in [0.15, 0.2) is 0 Å². The van der Waals surface area contributed by atoms with Crippen LogP contribution in [0.25, 0.3) is 0 Å². The van der Waals surface area contributed by atoms with Gasteiger partial charge < -0.3 is 4.74 Å². The van der Waals surface area contributed by atoms with E-state index in [9.17, 15) is 4.79 Å². The molecule has 84 valence electrons. The smallest absolute Gasteiger partial charge is 0.311 e. The number of esters is 1. The predicted octanol–water partition coefficient (Wildman–Crippen LogP) is 3.40. The van der Waals surface area contributed by atoms with Crippen molar-refractivity contribution in [3.05, 3.63) is 0 Å². The van der Waals surface area contributed by atoms with Crippen molar-refractivity contribution < 1.29 is 9.53 Å². The molecule has 1 unspecified atom stereocenters. The summed E-state index contributed by atoms with van der Waals surface area (Å²) in [5.74, 6) is 0.610. The van der Waals surface area contributed by atoms with E-state index < -0.39 is 0 Å². The molecule has 0 spiro atoms. The van der Waals surface area contributed by atoms with E-state index in [-0.39, 0.29) is 11.4 Å². The molecule has 0 aliphatic rings. The predicted molar refractivity (Wildman–Crippen MR) is 59.1 cm³/mol. The minimum Gasteiger partial charge on any atom is -0.466 e. The fourth-order valence-electron chi connectivity index (χ4n) is 1.34. The van der Waals surface area contributed by atoms with Crippen molar-refractivity contribution in [3.63, 3.8) is 0 Å². The van der Waals surface area contributed by atoms with Crippen LogP contribution in [0.2, 0.25) is 0 Å². The first-order chi connectivity index (χ1) is 6.46.